The molecule has 0 aromatic heterocycles. The number of esters is 1. The van der Waals surface area contributed by atoms with E-state index in [0.29, 0.717) is 6.08 Å². The van der Waals surface area contributed by atoms with Crippen LogP contribution in [0.2, 0.25) is 0 Å². The molecule has 0 aromatic carbocycles. The molecule has 0 aliphatic heterocycles. The molecule has 0 N–H and O–H groups in total. The zero-order chi connectivity index (χ0) is 18.9. The second-order valence-corrected chi connectivity index (χ2v) is 9.96. The van der Waals surface area contributed by atoms with E-state index in [9.17, 15) is 22.0 Å². The first kappa shape index (κ1) is 19.3. The van der Waals surface area contributed by atoms with Gasteiger partial charge in [-0.3, -0.25) is 8.98 Å². The Hall–Kier alpha value is -1.02. The van der Waals surface area contributed by atoms with Crippen molar-refractivity contribution in [3.63, 3.8) is 0 Å². The van der Waals surface area contributed by atoms with Crippen molar-refractivity contribution < 1.29 is 30.9 Å². The van der Waals surface area contributed by atoms with Crippen molar-refractivity contribution in [1.82, 2.24) is 0 Å². The van der Waals surface area contributed by atoms with Crippen LogP contribution in [0.25, 0.3) is 0 Å². The van der Waals surface area contributed by atoms with Crippen LogP contribution in [0.4, 0.5) is 8.78 Å². The number of ether oxygens (including phenoxy) is 1. The van der Waals surface area contributed by atoms with E-state index in [1.807, 2.05) is 0 Å². The Morgan fingerprint density at radius 3 is 2.00 bits per heavy atom. The van der Waals surface area contributed by atoms with Crippen LogP contribution in [0.5, 0.6) is 0 Å². The fraction of sp³-hybridized carbons (Fsp3) is 0.812. The van der Waals surface area contributed by atoms with Crippen LogP contribution >= 0.6 is 0 Å². The quantitative estimate of drug-likeness (QED) is 0.425. The fourth-order valence-corrected chi connectivity index (χ4v) is 4.49. The molecule has 0 spiro atoms. The lowest BCUT2D eigenvalue weighted by molar-refractivity contribution is -0.158. The molecule has 0 heterocycles. The van der Waals surface area contributed by atoms with Gasteiger partial charge in [0, 0.05) is 11.5 Å². The summed E-state index contributed by atoms with van der Waals surface area (Å²) >= 11 is 0. The van der Waals surface area contributed by atoms with E-state index in [0.717, 1.165) is 6.26 Å². The summed E-state index contributed by atoms with van der Waals surface area (Å²) in [6.07, 6.45) is 1.49. The van der Waals surface area contributed by atoms with Gasteiger partial charge in [0.25, 0.3) is 16.0 Å². The number of halogens is 2. The topological polar surface area (TPSA) is 69.7 Å². The predicted octanol–water partition coefficient (Wildman–Crippen LogP) is 2.91. The van der Waals surface area contributed by atoms with Crippen molar-refractivity contribution in [3.05, 3.63) is 11.6 Å². The Kier molecular flexibility index (Phi) is 4.02. The molecule has 0 radical (unpaired) electrons. The van der Waals surface area contributed by atoms with Crippen LogP contribution in [0, 0.1) is 17.3 Å². The Bertz CT molecular complexity index is 702. The largest absolute Gasteiger partial charge is 0.460 e. The summed E-state index contributed by atoms with van der Waals surface area (Å²) in [7, 11) is -4.00. The lowest BCUT2D eigenvalue weighted by Crippen LogP contribution is -2.38. The molecular formula is C16H24F2O5S. The van der Waals surface area contributed by atoms with Gasteiger partial charge >= 0.3 is 5.97 Å². The van der Waals surface area contributed by atoms with E-state index in [4.69, 9.17) is 8.92 Å². The smallest absolute Gasteiger partial charge is 0.310 e. The summed E-state index contributed by atoms with van der Waals surface area (Å²) in [5, 5.41) is 0. The molecular weight excluding hydrogens is 342 g/mol. The van der Waals surface area contributed by atoms with Crippen molar-refractivity contribution in [2.24, 2.45) is 17.3 Å². The van der Waals surface area contributed by atoms with Gasteiger partial charge in [-0.05, 0) is 39.2 Å². The molecule has 2 rings (SSSR count). The zero-order valence-electron chi connectivity index (χ0n) is 14.9. The van der Waals surface area contributed by atoms with E-state index in [-0.39, 0.29) is 0 Å². The van der Waals surface area contributed by atoms with Crippen molar-refractivity contribution in [2.75, 3.05) is 6.26 Å². The van der Waals surface area contributed by atoms with Gasteiger partial charge in [-0.25, -0.2) is 0 Å². The van der Waals surface area contributed by atoms with Crippen LogP contribution in [0.3, 0.4) is 0 Å². The second-order valence-electron chi connectivity index (χ2n) is 8.39. The third-order valence-electron chi connectivity index (χ3n) is 4.54. The number of carbonyl (C=O) groups is 1. The molecule has 1 saturated carbocycles. The van der Waals surface area contributed by atoms with Crippen LogP contribution in [-0.2, 0) is 23.8 Å². The van der Waals surface area contributed by atoms with Gasteiger partial charge < -0.3 is 4.74 Å². The highest BCUT2D eigenvalue weighted by Gasteiger charge is 2.75. The van der Waals surface area contributed by atoms with Crippen molar-refractivity contribution in [3.8, 4) is 0 Å². The summed E-state index contributed by atoms with van der Waals surface area (Å²) in [5.74, 6) is -5.17. The van der Waals surface area contributed by atoms with E-state index >= 15 is 0 Å². The van der Waals surface area contributed by atoms with Crippen molar-refractivity contribution in [2.45, 2.75) is 58.7 Å². The molecule has 0 amide bonds. The molecule has 2 aliphatic carbocycles. The first-order valence-corrected chi connectivity index (χ1v) is 9.48. The monoisotopic (exact) mass is 366 g/mol. The van der Waals surface area contributed by atoms with Crippen molar-refractivity contribution in [1.29, 1.82) is 0 Å². The van der Waals surface area contributed by atoms with Gasteiger partial charge in [-0.15, -0.1) is 0 Å². The molecule has 0 bridgehead atoms. The summed E-state index contributed by atoms with van der Waals surface area (Å²) in [6.45, 7) is 9.86. The summed E-state index contributed by atoms with van der Waals surface area (Å²) < 4.78 is 60.9. The maximum absolute atomic E-state index is 13.6. The highest BCUT2D eigenvalue weighted by Crippen LogP contribution is 2.69. The second kappa shape index (κ2) is 5.00. The Morgan fingerprint density at radius 2 is 1.67 bits per heavy atom. The molecule has 0 aromatic rings. The standard InChI is InChI=1S/C16H24F2O5S/c1-13(2,3)22-12(19)10-11(14(10,4)5)15(6,23-24(7,20)21)9-8-16(9,17)18/h8,10-11H,1-7H3. The van der Waals surface area contributed by atoms with Crippen LogP contribution in [0.15, 0.2) is 11.6 Å². The summed E-state index contributed by atoms with van der Waals surface area (Å²) in [5.41, 5.74) is -3.62. The SMILES string of the molecule is CC(C)(C)OC(=O)C1C(C(C)(OS(C)(=O)=O)C2=CC2(F)F)C1(C)C. The van der Waals surface area contributed by atoms with Gasteiger partial charge in [0.1, 0.15) is 11.2 Å². The Labute approximate surface area is 141 Å². The number of allylic oxidation sites excluding steroid dienone is 1. The molecule has 0 saturated heterocycles. The van der Waals surface area contributed by atoms with E-state index in [1.54, 1.807) is 34.6 Å². The third kappa shape index (κ3) is 3.49. The number of rotatable bonds is 5. The lowest BCUT2D eigenvalue weighted by Gasteiger charge is -2.29. The molecule has 2 aliphatic rings. The van der Waals surface area contributed by atoms with Crippen LogP contribution < -0.4 is 0 Å². The average molecular weight is 366 g/mol. The number of carbonyl (C=O) groups excluding carboxylic acids is 1. The number of alkyl halides is 2. The molecule has 3 atom stereocenters. The lowest BCUT2D eigenvalue weighted by atomic mass is 9.91. The maximum atomic E-state index is 13.6. The minimum absolute atomic E-state index is 0.399. The summed E-state index contributed by atoms with van der Waals surface area (Å²) in [6, 6.07) is 0. The van der Waals surface area contributed by atoms with E-state index in [2.05, 4.69) is 0 Å². The minimum atomic E-state index is -4.00. The normalized spacial score (nSPS) is 30.1. The first-order chi connectivity index (χ1) is 10.4. The van der Waals surface area contributed by atoms with E-state index < -0.39 is 56.0 Å². The highest BCUT2D eigenvalue weighted by molar-refractivity contribution is 7.86. The minimum Gasteiger partial charge on any atom is -0.460 e. The third-order valence-corrected chi connectivity index (χ3v) is 5.19. The van der Waals surface area contributed by atoms with Crippen LogP contribution in [-0.4, -0.2) is 37.8 Å². The molecule has 5 nitrogen and oxygen atoms in total. The van der Waals surface area contributed by atoms with Gasteiger partial charge in [0.05, 0.1) is 12.2 Å². The zero-order valence-corrected chi connectivity index (χ0v) is 15.8. The Morgan fingerprint density at radius 1 is 1.21 bits per heavy atom. The van der Waals surface area contributed by atoms with Gasteiger partial charge in [-0.1, -0.05) is 13.8 Å². The average Bonchev–Trinajstić information content (AvgIpc) is 3.07. The molecule has 1 fully saturated rings. The van der Waals surface area contributed by atoms with Gasteiger partial charge in [0.15, 0.2) is 0 Å². The molecule has 24 heavy (non-hydrogen) atoms. The van der Waals surface area contributed by atoms with Gasteiger partial charge in [-0.2, -0.15) is 17.2 Å². The predicted molar refractivity (Wildman–Crippen MR) is 84.0 cm³/mol. The van der Waals surface area contributed by atoms with Crippen molar-refractivity contribution >= 4 is 16.1 Å². The Balaban J connectivity index is 2.35. The molecule has 8 heteroatoms. The maximum Gasteiger partial charge on any atom is 0.310 e. The van der Waals surface area contributed by atoms with E-state index in [1.165, 1.54) is 6.92 Å². The molecule has 138 valence electrons. The summed E-state index contributed by atoms with van der Waals surface area (Å²) in [4.78, 5) is 12.4. The number of hydrogen-bond donors (Lipinski definition) is 0. The first-order valence-electron chi connectivity index (χ1n) is 7.67. The van der Waals surface area contributed by atoms with Gasteiger partial charge in [0.2, 0.25) is 0 Å². The highest BCUT2D eigenvalue weighted by atomic mass is 32.2. The number of hydrogen-bond acceptors (Lipinski definition) is 5. The van der Waals surface area contributed by atoms with Crippen LogP contribution in [0.1, 0.15) is 41.5 Å². The molecule has 3 unspecified atom stereocenters. The fourth-order valence-electron chi connectivity index (χ4n) is 3.67.